The second kappa shape index (κ2) is 11.5. The molecule has 0 heterocycles. The number of hydrogen-bond acceptors (Lipinski definition) is 2. The monoisotopic (exact) mass is 453 g/mol. The molecule has 0 aromatic heterocycles. The highest BCUT2D eigenvalue weighted by molar-refractivity contribution is 9.10. The summed E-state index contributed by atoms with van der Waals surface area (Å²) in [5.74, 6) is 0.940. The van der Waals surface area contributed by atoms with Crippen LogP contribution in [0.5, 0.6) is 5.75 Å². The Hall–Kier alpha value is -1.00. The van der Waals surface area contributed by atoms with Gasteiger partial charge in [0.25, 0.3) is 0 Å². The van der Waals surface area contributed by atoms with E-state index < -0.39 is 0 Å². The molecule has 0 spiro atoms. The lowest BCUT2D eigenvalue weighted by Crippen LogP contribution is -1.97. The smallest absolute Gasteiger partial charge is 0.119 e. The molecule has 0 fully saturated rings. The highest BCUT2D eigenvalue weighted by Crippen LogP contribution is 2.21. The topological polar surface area (TPSA) is 21.3 Å². The number of ether oxygens (including phenoxy) is 1. The molecular weight excluding hydrogens is 430 g/mol. The molecule has 0 aliphatic rings. The van der Waals surface area contributed by atoms with E-state index in [1.807, 2.05) is 36.4 Å². The first-order valence-corrected chi connectivity index (χ1v) is 10.5. The number of hydrogen-bond donors (Lipinski definition) is 1. The van der Waals surface area contributed by atoms with Crippen molar-refractivity contribution in [3.63, 3.8) is 0 Å². The molecule has 0 bridgehead atoms. The van der Waals surface area contributed by atoms with Gasteiger partial charge in [0.05, 0.1) is 6.61 Å². The number of anilines is 2. The van der Waals surface area contributed by atoms with Crippen molar-refractivity contribution in [2.45, 2.75) is 38.5 Å². The highest BCUT2D eigenvalue weighted by Gasteiger charge is 1.98. The Morgan fingerprint density at radius 2 is 1.25 bits per heavy atom. The number of unbranched alkanes of at least 4 members (excludes halogenated alkanes) is 5. The Labute approximate surface area is 162 Å². The van der Waals surface area contributed by atoms with E-state index in [1.165, 1.54) is 32.1 Å². The first-order valence-electron chi connectivity index (χ1n) is 8.59. The zero-order valence-electron chi connectivity index (χ0n) is 13.9. The highest BCUT2D eigenvalue weighted by atomic mass is 79.9. The first-order chi connectivity index (χ1) is 11.8. The zero-order valence-corrected chi connectivity index (χ0v) is 17.1. The summed E-state index contributed by atoms with van der Waals surface area (Å²) in [5, 5.41) is 4.51. The van der Waals surface area contributed by atoms with Crippen LogP contribution in [0.15, 0.2) is 53.0 Å². The predicted octanol–water partition coefficient (Wildman–Crippen LogP) is 7.31. The molecule has 0 unspecified atom stereocenters. The Balaban J connectivity index is 1.64. The molecule has 0 amide bonds. The Bertz CT molecular complexity index is 569. The molecule has 2 rings (SSSR count). The maximum absolute atomic E-state index is 5.81. The summed E-state index contributed by atoms with van der Waals surface area (Å²) < 4.78 is 6.90. The number of benzene rings is 2. The maximum Gasteiger partial charge on any atom is 0.119 e. The van der Waals surface area contributed by atoms with Gasteiger partial charge in [-0.05, 0) is 61.4 Å². The predicted molar refractivity (Wildman–Crippen MR) is 111 cm³/mol. The van der Waals surface area contributed by atoms with Crippen LogP contribution in [-0.2, 0) is 0 Å². The van der Waals surface area contributed by atoms with Crippen LogP contribution in [0.1, 0.15) is 38.5 Å². The molecule has 0 radical (unpaired) electrons. The van der Waals surface area contributed by atoms with E-state index in [2.05, 4.69) is 49.3 Å². The molecule has 130 valence electrons. The summed E-state index contributed by atoms with van der Waals surface area (Å²) in [6, 6.07) is 16.3. The van der Waals surface area contributed by atoms with Gasteiger partial charge < -0.3 is 10.1 Å². The minimum atomic E-state index is 0.804. The summed E-state index contributed by atoms with van der Waals surface area (Å²) in [5.41, 5.74) is 2.14. The molecular formula is C20H25Br2NO. The van der Waals surface area contributed by atoms with E-state index in [4.69, 9.17) is 4.74 Å². The van der Waals surface area contributed by atoms with E-state index in [-0.39, 0.29) is 0 Å². The zero-order chi connectivity index (χ0) is 17.0. The van der Waals surface area contributed by atoms with Gasteiger partial charge >= 0.3 is 0 Å². The fraction of sp³-hybridized carbons (Fsp3) is 0.400. The Kier molecular flexibility index (Phi) is 9.29. The number of halogens is 2. The van der Waals surface area contributed by atoms with Gasteiger partial charge in [-0.1, -0.05) is 57.5 Å². The van der Waals surface area contributed by atoms with E-state index in [1.54, 1.807) is 0 Å². The fourth-order valence-electron chi connectivity index (χ4n) is 2.43. The average Bonchev–Trinajstić information content (AvgIpc) is 2.61. The minimum absolute atomic E-state index is 0.804. The van der Waals surface area contributed by atoms with Gasteiger partial charge in [0.15, 0.2) is 0 Å². The van der Waals surface area contributed by atoms with Gasteiger partial charge in [-0.2, -0.15) is 0 Å². The Morgan fingerprint density at radius 1 is 0.708 bits per heavy atom. The lowest BCUT2D eigenvalue weighted by atomic mass is 10.1. The number of alkyl halides is 1. The van der Waals surface area contributed by atoms with Gasteiger partial charge in [0.2, 0.25) is 0 Å². The van der Waals surface area contributed by atoms with E-state index in [0.29, 0.717) is 0 Å². The third-order valence-electron chi connectivity index (χ3n) is 3.78. The van der Waals surface area contributed by atoms with Gasteiger partial charge in [-0.25, -0.2) is 0 Å². The molecule has 1 N–H and O–H groups in total. The fourth-order valence-corrected chi connectivity index (χ4v) is 3.09. The molecule has 0 atom stereocenters. The molecule has 4 heteroatoms. The van der Waals surface area contributed by atoms with Crippen molar-refractivity contribution < 1.29 is 4.74 Å². The van der Waals surface area contributed by atoms with Crippen LogP contribution < -0.4 is 10.1 Å². The minimum Gasteiger partial charge on any atom is -0.494 e. The normalized spacial score (nSPS) is 10.6. The van der Waals surface area contributed by atoms with Crippen LogP contribution in [0.3, 0.4) is 0 Å². The van der Waals surface area contributed by atoms with Gasteiger partial charge in [0.1, 0.15) is 5.75 Å². The number of nitrogens with one attached hydrogen (secondary N) is 1. The van der Waals surface area contributed by atoms with Crippen molar-refractivity contribution in [2.24, 2.45) is 0 Å². The lowest BCUT2D eigenvalue weighted by molar-refractivity contribution is 0.304. The summed E-state index contributed by atoms with van der Waals surface area (Å²) in [4.78, 5) is 0. The average molecular weight is 455 g/mol. The summed E-state index contributed by atoms with van der Waals surface area (Å²) in [6.07, 6.45) is 7.66. The SMILES string of the molecule is BrCCCCCCCCOc1ccc(Nc2ccc(Br)cc2)cc1. The van der Waals surface area contributed by atoms with Crippen molar-refractivity contribution in [3.05, 3.63) is 53.0 Å². The summed E-state index contributed by atoms with van der Waals surface area (Å²) in [7, 11) is 0. The molecule has 24 heavy (non-hydrogen) atoms. The van der Waals surface area contributed by atoms with E-state index >= 15 is 0 Å². The molecule has 2 aromatic carbocycles. The number of rotatable bonds is 11. The lowest BCUT2D eigenvalue weighted by Gasteiger charge is -2.09. The summed E-state index contributed by atoms with van der Waals surface area (Å²) in [6.45, 7) is 0.804. The Morgan fingerprint density at radius 3 is 1.88 bits per heavy atom. The molecule has 0 aliphatic carbocycles. The van der Waals surface area contributed by atoms with Crippen LogP contribution in [0, 0.1) is 0 Å². The van der Waals surface area contributed by atoms with Crippen molar-refractivity contribution >= 4 is 43.2 Å². The third-order valence-corrected chi connectivity index (χ3v) is 4.87. The van der Waals surface area contributed by atoms with Crippen molar-refractivity contribution in [3.8, 4) is 5.75 Å². The van der Waals surface area contributed by atoms with Crippen molar-refractivity contribution in [1.82, 2.24) is 0 Å². The quantitative estimate of drug-likeness (QED) is 0.284. The molecule has 2 nitrogen and oxygen atoms in total. The first kappa shape index (κ1) is 19.3. The van der Waals surface area contributed by atoms with Gasteiger partial charge in [-0.15, -0.1) is 0 Å². The summed E-state index contributed by atoms with van der Waals surface area (Å²) >= 11 is 6.91. The standard InChI is InChI=1S/C20H25Br2NO/c21-15-5-3-1-2-4-6-16-24-20-13-11-19(12-14-20)23-18-9-7-17(22)8-10-18/h7-14,23H,1-6,15-16H2. The van der Waals surface area contributed by atoms with E-state index in [0.717, 1.165) is 40.0 Å². The van der Waals surface area contributed by atoms with Crippen LogP contribution in [0.25, 0.3) is 0 Å². The second-order valence-corrected chi connectivity index (χ2v) is 7.52. The van der Waals surface area contributed by atoms with Crippen LogP contribution in [-0.4, -0.2) is 11.9 Å². The van der Waals surface area contributed by atoms with Gasteiger partial charge in [-0.3, -0.25) is 0 Å². The third kappa shape index (κ3) is 7.71. The van der Waals surface area contributed by atoms with Crippen molar-refractivity contribution in [2.75, 3.05) is 17.3 Å². The molecule has 2 aromatic rings. The largest absolute Gasteiger partial charge is 0.494 e. The van der Waals surface area contributed by atoms with E-state index in [9.17, 15) is 0 Å². The maximum atomic E-state index is 5.81. The second-order valence-electron chi connectivity index (χ2n) is 5.82. The molecule has 0 aliphatic heterocycles. The van der Waals surface area contributed by atoms with Crippen LogP contribution >= 0.6 is 31.9 Å². The van der Waals surface area contributed by atoms with Crippen LogP contribution in [0.2, 0.25) is 0 Å². The van der Waals surface area contributed by atoms with Crippen LogP contribution in [0.4, 0.5) is 11.4 Å². The molecule has 0 saturated carbocycles. The molecule has 0 saturated heterocycles. The van der Waals surface area contributed by atoms with Crippen molar-refractivity contribution in [1.29, 1.82) is 0 Å². The van der Waals surface area contributed by atoms with Gasteiger partial charge in [0, 0.05) is 21.2 Å².